The molecule has 2 N–H and O–H groups in total. The Hall–Kier alpha value is -1.14. The minimum atomic E-state index is -0.811. The Kier molecular flexibility index (Phi) is 3.43. The fourth-order valence-electron chi connectivity index (χ4n) is 0.983. The van der Waals surface area contributed by atoms with Crippen LogP contribution in [0.15, 0.2) is 18.2 Å². The Morgan fingerprint density at radius 1 is 1.57 bits per heavy atom. The Morgan fingerprint density at radius 2 is 2.21 bits per heavy atom. The SMILES string of the molecule is O=[N+]([O-])c1cc(C(O)CBr)ccc1O. The van der Waals surface area contributed by atoms with E-state index in [1.807, 2.05) is 0 Å². The number of nitro benzene ring substituents is 1. The molecule has 1 unspecified atom stereocenters. The third-order valence-corrected chi connectivity index (χ3v) is 2.34. The highest BCUT2D eigenvalue weighted by Crippen LogP contribution is 2.29. The van der Waals surface area contributed by atoms with E-state index in [2.05, 4.69) is 15.9 Å². The van der Waals surface area contributed by atoms with Gasteiger partial charge in [-0.05, 0) is 11.6 Å². The fraction of sp³-hybridized carbons (Fsp3) is 0.250. The number of rotatable bonds is 3. The predicted molar refractivity (Wildman–Crippen MR) is 53.5 cm³/mol. The first-order valence-corrected chi connectivity index (χ1v) is 4.89. The number of hydrogen-bond acceptors (Lipinski definition) is 4. The Bertz CT molecular complexity index is 355. The quantitative estimate of drug-likeness (QED) is 0.493. The third-order valence-electron chi connectivity index (χ3n) is 1.73. The smallest absolute Gasteiger partial charge is 0.311 e. The van der Waals surface area contributed by atoms with E-state index in [1.165, 1.54) is 12.1 Å². The van der Waals surface area contributed by atoms with Gasteiger partial charge >= 0.3 is 5.69 Å². The summed E-state index contributed by atoms with van der Waals surface area (Å²) in [6.07, 6.45) is -0.811. The minimum absolute atomic E-state index is 0.287. The van der Waals surface area contributed by atoms with Gasteiger partial charge < -0.3 is 10.2 Å². The molecule has 76 valence electrons. The molecule has 5 nitrogen and oxygen atoms in total. The molecule has 0 aromatic heterocycles. The summed E-state index contributed by atoms with van der Waals surface area (Å²) in [6, 6.07) is 3.79. The van der Waals surface area contributed by atoms with Crippen LogP contribution in [0.4, 0.5) is 5.69 Å². The van der Waals surface area contributed by atoms with E-state index in [-0.39, 0.29) is 5.33 Å². The summed E-state index contributed by atoms with van der Waals surface area (Å²) in [6.45, 7) is 0. The molecular formula is C8H8BrNO4. The van der Waals surface area contributed by atoms with E-state index in [0.29, 0.717) is 5.56 Å². The van der Waals surface area contributed by atoms with Crippen molar-refractivity contribution in [3.8, 4) is 5.75 Å². The molecule has 0 fully saturated rings. The molecule has 0 aliphatic carbocycles. The zero-order valence-electron chi connectivity index (χ0n) is 7.05. The van der Waals surface area contributed by atoms with E-state index in [9.17, 15) is 15.2 Å². The van der Waals surface area contributed by atoms with E-state index in [1.54, 1.807) is 0 Å². The van der Waals surface area contributed by atoms with Crippen LogP contribution in [0, 0.1) is 10.1 Å². The molecule has 0 radical (unpaired) electrons. The minimum Gasteiger partial charge on any atom is -0.502 e. The number of aliphatic hydroxyl groups is 1. The lowest BCUT2D eigenvalue weighted by Gasteiger charge is -2.06. The first-order valence-electron chi connectivity index (χ1n) is 3.77. The number of phenolic OH excluding ortho intramolecular Hbond substituents is 1. The highest BCUT2D eigenvalue weighted by molar-refractivity contribution is 9.09. The molecule has 0 saturated heterocycles. The summed E-state index contributed by atoms with van der Waals surface area (Å²) in [5.74, 6) is -0.402. The molecule has 0 heterocycles. The zero-order chi connectivity index (χ0) is 10.7. The lowest BCUT2D eigenvalue weighted by atomic mass is 10.1. The third kappa shape index (κ3) is 2.21. The fourth-order valence-corrected chi connectivity index (χ4v) is 1.36. The summed E-state index contributed by atoms with van der Waals surface area (Å²) in [5.41, 5.74) is -0.00567. The number of benzene rings is 1. The first-order chi connectivity index (χ1) is 6.56. The molecule has 0 aliphatic rings. The van der Waals surface area contributed by atoms with Crippen molar-refractivity contribution in [2.24, 2.45) is 0 Å². The van der Waals surface area contributed by atoms with Crippen molar-refractivity contribution in [1.29, 1.82) is 0 Å². The molecule has 14 heavy (non-hydrogen) atoms. The van der Waals surface area contributed by atoms with Gasteiger partial charge in [0.25, 0.3) is 0 Å². The maximum atomic E-state index is 10.4. The molecule has 0 saturated carbocycles. The highest BCUT2D eigenvalue weighted by atomic mass is 79.9. The van der Waals surface area contributed by atoms with E-state index >= 15 is 0 Å². The molecule has 1 atom stereocenters. The summed E-state index contributed by atoms with van der Waals surface area (Å²) in [4.78, 5) is 9.74. The van der Waals surface area contributed by atoms with Crippen LogP contribution in [0.3, 0.4) is 0 Å². The van der Waals surface area contributed by atoms with Crippen molar-refractivity contribution >= 4 is 21.6 Å². The molecule has 6 heteroatoms. The molecular weight excluding hydrogens is 254 g/mol. The van der Waals surface area contributed by atoms with Gasteiger partial charge in [0.05, 0.1) is 11.0 Å². The van der Waals surface area contributed by atoms with E-state index < -0.39 is 22.5 Å². The second-order valence-electron chi connectivity index (χ2n) is 2.68. The highest BCUT2D eigenvalue weighted by Gasteiger charge is 2.16. The van der Waals surface area contributed by atoms with Crippen molar-refractivity contribution < 1.29 is 15.1 Å². The number of aromatic hydroxyl groups is 1. The van der Waals surface area contributed by atoms with Gasteiger partial charge in [0, 0.05) is 11.4 Å². The maximum Gasteiger partial charge on any atom is 0.311 e. The van der Waals surface area contributed by atoms with Crippen LogP contribution < -0.4 is 0 Å². The Morgan fingerprint density at radius 3 is 2.71 bits per heavy atom. The van der Waals surface area contributed by atoms with Crippen LogP contribution in [0.2, 0.25) is 0 Å². The maximum absolute atomic E-state index is 10.4. The van der Waals surface area contributed by atoms with Gasteiger partial charge in [0.15, 0.2) is 5.75 Å². The molecule has 1 rings (SSSR count). The van der Waals surface area contributed by atoms with Gasteiger partial charge in [-0.1, -0.05) is 22.0 Å². The molecule has 0 amide bonds. The van der Waals surface area contributed by atoms with E-state index in [0.717, 1.165) is 6.07 Å². The number of nitrogens with zero attached hydrogens (tertiary/aromatic N) is 1. The van der Waals surface area contributed by atoms with Crippen LogP contribution in [-0.2, 0) is 0 Å². The van der Waals surface area contributed by atoms with Gasteiger partial charge in [-0.3, -0.25) is 10.1 Å². The number of alkyl halides is 1. The second kappa shape index (κ2) is 4.39. The van der Waals surface area contributed by atoms with Crippen LogP contribution in [0.5, 0.6) is 5.75 Å². The van der Waals surface area contributed by atoms with Gasteiger partial charge in [-0.2, -0.15) is 0 Å². The number of phenols is 1. The normalized spacial score (nSPS) is 12.4. The molecule has 1 aromatic rings. The summed E-state index contributed by atoms with van der Waals surface area (Å²) >= 11 is 3.05. The molecule has 0 aliphatic heterocycles. The summed E-state index contributed by atoms with van der Waals surface area (Å²) in [7, 11) is 0. The molecule has 0 spiro atoms. The van der Waals surface area contributed by atoms with Crippen LogP contribution >= 0.6 is 15.9 Å². The Balaban J connectivity index is 3.12. The first kappa shape index (κ1) is 10.9. The average molecular weight is 262 g/mol. The predicted octanol–water partition coefficient (Wildman–Crippen LogP) is 1.73. The lowest BCUT2D eigenvalue weighted by Crippen LogP contribution is -1.99. The van der Waals surface area contributed by atoms with Gasteiger partial charge in [-0.25, -0.2) is 0 Å². The van der Waals surface area contributed by atoms with Crippen LogP contribution in [0.1, 0.15) is 11.7 Å². The second-order valence-corrected chi connectivity index (χ2v) is 3.32. The van der Waals surface area contributed by atoms with E-state index in [4.69, 9.17) is 5.11 Å². The lowest BCUT2D eigenvalue weighted by molar-refractivity contribution is -0.386. The van der Waals surface area contributed by atoms with Crippen molar-refractivity contribution in [2.45, 2.75) is 6.10 Å². The largest absolute Gasteiger partial charge is 0.502 e. The summed E-state index contributed by atoms with van der Waals surface area (Å²) < 4.78 is 0. The topological polar surface area (TPSA) is 83.6 Å². The van der Waals surface area contributed by atoms with Gasteiger partial charge in [-0.15, -0.1) is 0 Å². The van der Waals surface area contributed by atoms with Gasteiger partial charge in [0.1, 0.15) is 0 Å². The van der Waals surface area contributed by atoms with Crippen molar-refractivity contribution in [3.63, 3.8) is 0 Å². The van der Waals surface area contributed by atoms with Crippen LogP contribution in [-0.4, -0.2) is 20.5 Å². The Labute approximate surface area is 88.3 Å². The monoisotopic (exact) mass is 261 g/mol. The van der Waals surface area contributed by atoms with Crippen molar-refractivity contribution in [2.75, 3.05) is 5.33 Å². The average Bonchev–Trinajstić information content (AvgIpc) is 2.17. The molecule has 0 bridgehead atoms. The van der Waals surface area contributed by atoms with Crippen molar-refractivity contribution in [1.82, 2.24) is 0 Å². The number of halogens is 1. The summed E-state index contributed by atoms with van der Waals surface area (Å²) in [5, 5.41) is 29.2. The number of aliphatic hydroxyl groups excluding tert-OH is 1. The van der Waals surface area contributed by atoms with Crippen LogP contribution in [0.25, 0.3) is 0 Å². The van der Waals surface area contributed by atoms with Crippen molar-refractivity contribution in [3.05, 3.63) is 33.9 Å². The standard InChI is InChI=1S/C8H8BrNO4/c9-4-8(12)5-1-2-7(11)6(3-5)10(13)14/h1-3,8,11-12H,4H2. The zero-order valence-corrected chi connectivity index (χ0v) is 8.64. The molecule has 1 aromatic carbocycles. The van der Waals surface area contributed by atoms with Gasteiger partial charge in [0.2, 0.25) is 0 Å². The number of nitro groups is 1. The number of hydrogen-bond donors (Lipinski definition) is 2.